The summed E-state index contributed by atoms with van der Waals surface area (Å²) in [6, 6.07) is 17.5. The number of ether oxygens (including phenoxy) is 2. The number of benzene rings is 3. The molecule has 0 bridgehead atoms. The lowest BCUT2D eigenvalue weighted by molar-refractivity contribution is 0.102. The van der Waals surface area contributed by atoms with Crippen molar-refractivity contribution in [1.82, 2.24) is 9.55 Å². The van der Waals surface area contributed by atoms with Gasteiger partial charge in [0.2, 0.25) is 0 Å². The number of rotatable bonds is 8. The van der Waals surface area contributed by atoms with Crippen LogP contribution in [0.15, 0.2) is 90.0 Å². The number of halogens is 2. The highest BCUT2D eigenvalue weighted by molar-refractivity contribution is 6.67. The van der Waals surface area contributed by atoms with Crippen LogP contribution in [0.3, 0.4) is 0 Å². The van der Waals surface area contributed by atoms with Crippen molar-refractivity contribution in [3.05, 3.63) is 118 Å². The molecule has 230 valence electrons. The molecule has 1 aliphatic heterocycles. The van der Waals surface area contributed by atoms with Crippen molar-refractivity contribution in [2.75, 3.05) is 11.9 Å². The van der Waals surface area contributed by atoms with Gasteiger partial charge in [0.1, 0.15) is 22.9 Å². The third kappa shape index (κ3) is 6.61. The van der Waals surface area contributed by atoms with Gasteiger partial charge >= 0.3 is 0 Å². The number of nitrogens with one attached hydrogen (secondary N) is 1. The highest BCUT2D eigenvalue weighted by atomic mass is 19.1. The van der Waals surface area contributed by atoms with Crippen LogP contribution in [0.5, 0.6) is 17.2 Å². The number of anilines is 1. The van der Waals surface area contributed by atoms with E-state index in [1.54, 1.807) is 12.3 Å². The number of nitrogens with zero attached hydrogens (tertiary/aromatic N) is 3. The molecule has 5 aromatic rings. The van der Waals surface area contributed by atoms with E-state index in [4.69, 9.17) is 14.7 Å². The topological polar surface area (TPSA) is 106 Å². The summed E-state index contributed by atoms with van der Waals surface area (Å²) >= 11 is 0. The molecule has 0 atom stereocenters. The van der Waals surface area contributed by atoms with Crippen molar-refractivity contribution in [2.45, 2.75) is 32.4 Å². The molecule has 1 N–H and O–H groups in total. The van der Waals surface area contributed by atoms with E-state index in [0.717, 1.165) is 37.1 Å². The number of carbonyl (C=O) groups excluding carboxylic acids is 1. The summed E-state index contributed by atoms with van der Waals surface area (Å²) in [5, 5.41) is 12.4. The number of hydrogen-bond acceptors (Lipinski definition) is 6. The first kappa shape index (κ1) is 30.5. The van der Waals surface area contributed by atoms with E-state index >= 15 is 4.39 Å². The number of pyridine rings is 2. The zero-order valence-electron chi connectivity index (χ0n) is 25.0. The van der Waals surface area contributed by atoms with Gasteiger partial charge in [-0.15, -0.1) is 0 Å². The average molecular weight is 618 g/mol. The average Bonchev–Trinajstić information content (AvgIpc) is 3.06. The number of hydrogen-bond donors (Lipinski definition) is 1. The fourth-order valence-corrected chi connectivity index (χ4v) is 5.62. The van der Waals surface area contributed by atoms with Crippen LogP contribution in [0, 0.1) is 35.7 Å². The van der Waals surface area contributed by atoms with Gasteiger partial charge in [-0.2, -0.15) is 0 Å². The first-order valence-corrected chi connectivity index (χ1v) is 15.0. The molecule has 0 radical (unpaired) electrons. The predicted molar refractivity (Wildman–Crippen MR) is 172 cm³/mol. The Morgan fingerprint density at radius 3 is 2.57 bits per heavy atom. The van der Waals surface area contributed by atoms with Crippen LogP contribution in [0.4, 0.5) is 14.5 Å². The second-order valence-corrected chi connectivity index (χ2v) is 11.4. The standard InChI is InChI=1S/C35H29BF2N4O4/c1-22-17-28-30(19-33(22)45-20-23-10-13-36(21-39)14-11-23)40-15-12-31(28)46-32-9-6-25(18-29(32)38)41-34(43)27-3-2-16-42(35(27)44)26-7-4-24(37)5-8-26/h2-9,12,15-19,23H,10-11,13-14,20H2,1H3,(H,41,43). The fourth-order valence-electron chi connectivity index (χ4n) is 5.62. The Hall–Kier alpha value is -5.50. The van der Waals surface area contributed by atoms with E-state index in [0.29, 0.717) is 40.6 Å². The third-order valence-electron chi connectivity index (χ3n) is 8.21. The lowest BCUT2D eigenvalue weighted by atomic mass is 9.42. The van der Waals surface area contributed by atoms with E-state index < -0.39 is 23.1 Å². The maximum absolute atomic E-state index is 15.2. The van der Waals surface area contributed by atoms with Crippen LogP contribution < -0.4 is 20.3 Å². The summed E-state index contributed by atoms with van der Waals surface area (Å²) < 4.78 is 41.9. The molecule has 11 heteroatoms. The molecule has 3 aromatic carbocycles. The maximum atomic E-state index is 15.2. The number of nitriles is 1. The first-order valence-electron chi connectivity index (χ1n) is 15.0. The monoisotopic (exact) mass is 618 g/mol. The van der Waals surface area contributed by atoms with Crippen LogP contribution in [0.25, 0.3) is 16.6 Å². The zero-order chi connectivity index (χ0) is 32.2. The SMILES string of the molecule is Cc1cc2c(Oc3ccc(NC(=O)c4cccn(-c5ccc(F)cc5)c4=O)cc3F)ccnc2cc1OCC1CCB(C#N)CC1. The van der Waals surface area contributed by atoms with Gasteiger partial charge in [-0.05, 0) is 79.1 Å². The lowest BCUT2D eigenvalue weighted by Gasteiger charge is -2.23. The lowest BCUT2D eigenvalue weighted by Crippen LogP contribution is -2.27. The summed E-state index contributed by atoms with van der Waals surface area (Å²) in [5.74, 6) is 1.93. The molecule has 1 aliphatic rings. The molecule has 6 rings (SSSR count). The minimum absolute atomic E-state index is 0.0603. The van der Waals surface area contributed by atoms with Crippen molar-refractivity contribution >= 4 is 29.2 Å². The Balaban J connectivity index is 1.15. The normalized spacial score (nSPS) is 13.3. The van der Waals surface area contributed by atoms with Crippen molar-refractivity contribution in [1.29, 1.82) is 5.26 Å². The Morgan fingerprint density at radius 2 is 1.83 bits per heavy atom. The van der Waals surface area contributed by atoms with Gasteiger partial charge in [0.25, 0.3) is 18.2 Å². The second-order valence-electron chi connectivity index (χ2n) is 11.4. The van der Waals surface area contributed by atoms with Crippen molar-refractivity contribution in [2.24, 2.45) is 5.92 Å². The van der Waals surface area contributed by atoms with Crippen LogP contribution in [0.1, 0.15) is 28.8 Å². The van der Waals surface area contributed by atoms with E-state index in [9.17, 15) is 14.0 Å². The summed E-state index contributed by atoms with van der Waals surface area (Å²) in [5.41, 5.74) is 1.26. The van der Waals surface area contributed by atoms with E-state index in [1.807, 2.05) is 19.1 Å². The minimum atomic E-state index is -0.724. The van der Waals surface area contributed by atoms with Crippen LogP contribution in [-0.4, -0.2) is 28.8 Å². The van der Waals surface area contributed by atoms with Gasteiger partial charge in [0.15, 0.2) is 11.6 Å². The summed E-state index contributed by atoms with van der Waals surface area (Å²) in [4.78, 5) is 30.4. The van der Waals surface area contributed by atoms with Gasteiger partial charge in [-0.1, -0.05) is 25.5 Å². The smallest absolute Gasteiger partial charge is 0.267 e. The van der Waals surface area contributed by atoms with Crippen LogP contribution >= 0.6 is 0 Å². The van der Waals surface area contributed by atoms with Gasteiger partial charge in [-0.25, -0.2) is 14.0 Å². The first-order chi connectivity index (χ1) is 22.3. The van der Waals surface area contributed by atoms with Gasteiger partial charge in [0.05, 0.1) is 12.1 Å². The van der Waals surface area contributed by atoms with E-state index in [2.05, 4.69) is 16.3 Å². The van der Waals surface area contributed by atoms with E-state index in [-0.39, 0.29) is 23.7 Å². The number of amides is 1. The highest BCUT2D eigenvalue weighted by Crippen LogP contribution is 2.35. The highest BCUT2D eigenvalue weighted by Gasteiger charge is 2.25. The second kappa shape index (κ2) is 13.2. The Morgan fingerprint density at radius 1 is 1.04 bits per heavy atom. The fraction of sp³-hybridized carbons (Fsp3) is 0.200. The molecule has 0 unspecified atom stereocenters. The van der Waals surface area contributed by atoms with Crippen LogP contribution in [0.2, 0.25) is 12.6 Å². The molecular formula is C35H29BF2N4O4. The number of aromatic nitrogens is 2. The van der Waals surface area contributed by atoms with Crippen molar-refractivity contribution in [3.8, 4) is 28.9 Å². The number of fused-ring (bicyclic) bond motifs is 1. The molecule has 1 amide bonds. The molecule has 3 heterocycles. The van der Waals surface area contributed by atoms with Crippen molar-refractivity contribution < 1.29 is 23.0 Å². The third-order valence-corrected chi connectivity index (χ3v) is 8.21. The molecule has 46 heavy (non-hydrogen) atoms. The minimum Gasteiger partial charge on any atom is -0.493 e. The zero-order valence-corrected chi connectivity index (χ0v) is 25.0. The Kier molecular flexibility index (Phi) is 8.79. The van der Waals surface area contributed by atoms with Crippen molar-refractivity contribution in [3.63, 3.8) is 0 Å². The van der Waals surface area contributed by atoms with E-state index in [1.165, 1.54) is 59.3 Å². The molecule has 1 fully saturated rings. The Labute approximate surface area is 264 Å². The molecule has 0 saturated carbocycles. The molecule has 8 nitrogen and oxygen atoms in total. The number of carbonyl (C=O) groups is 1. The molecule has 1 saturated heterocycles. The molecule has 2 aromatic heterocycles. The van der Waals surface area contributed by atoms with Gasteiger partial charge in [0, 0.05) is 47.3 Å². The molecule has 0 spiro atoms. The van der Waals surface area contributed by atoms with Crippen LogP contribution in [-0.2, 0) is 0 Å². The van der Waals surface area contributed by atoms with Gasteiger partial charge < -0.3 is 14.8 Å². The summed E-state index contributed by atoms with van der Waals surface area (Å²) in [6.45, 7) is 2.64. The summed E-state index contributed by atoms with van der Waals surface area (Å²) in [6.07, 6.45) is 6.79. The largest absolute Gasteiger partial charge is 0.493 e. The Bertz CT molecular complexity index is 2020. The quantitative estimate of drug-likeness (QED) is 0.182. The predicted octanol–water partition coefficient (Wildman–Crippen LogP) is 7.36. The summed E-state index contributed by atoms with van der Waals surface area (Å²) in [7, 11) is 0. The van der Waals surface area contributed by atoms with Gasteiger partial charge in [-0.3, -0.25) is 19.1 Å². The molecule has 0 aliphatic carbocycles. The maximum Gasteiger partial charge on any atom is 0.267 e. The number of aryl methyl sites for hydroxylation is 1. The molecular weight excluding hydrogens is 589 g/mol.